The summed E-state index contributed by atoms with van der Waals surface area (Å²) in [4.78, 5) is 16.7. The Morgan fingerprint density at radius 2 is 2.29 bits per heavy atom. The predicted molar refractivity (Wildman–Crippen MR) is 82.7 cm³/mol. The molecule has 0 aliphatic rings. The maximum Gasteiger partial charge on any atom is 0.261 e. The zero-order valence-corrected chi connectivity index (χ0v) is 12.5. The van der Waals surface area contributed by atoms with Gasteiger partial charge in [-0.1, -0.05) is 6.07 Å². The number of pyridine rings is 1. The molecule has 0 spiro atoms. The topological polar surface area (TPSA) is 71.3 Å². The van der Waals surface area contributed by atoms with Crippen LogP contribution in [0.15, 0.2) is 36.0 Å². The van der Waals surface area contributed by atoms with E-state index in [2.05, 4.69) is 20.7 Å². The highest BCUT2D eigenvalue weighted by atomic mass is 32.1. The van der Waals surface area contributed by atoms with Gasteiger partial charge in [-0.05, 0) is 26.1 Å². The van der Waals surface area contributed by atoms with Crippen LogP contribution in [0.1, 0.15) is 29.0 Å². The molecule has 0 radical (unpaired) electrons. The summed E-state index contributed by atoms with van der Waals surface area (Å²) in [5.41, 5.74) is 2.22. The molecule has 0 bridgehead atoms. The van der Waals surface area contributed by atoms with Crippen molar-refractivity contribution in [3.05, 3.63) is 47.2 Å². The van der Waals surface area contributed by atoms with Crippen molar-refractivity contribution >= 4 is 27.9 Å². The van der Waals surface area contributed by atoms with Crippen molar-refractivity contribution in [1.29, 1.82) is 0 Å². The molecule has 0 aliphatic carbocycles. The van der Waals surface area contributed by atoms with Gasteiger partial charge in [0.2, 0.25) is 0 Å². The average Bonchev–Trinajstić information content (AvgIpc) is 3.12. The monoisotopic (exact) mass is 301 g/mol. The zero-order chi connectivity index (χ0) is 14.8. The van der Waals surface area contributed by atoms with Crippen molar-refractivity contribution in [3.63, 3.8) is 0 Å². The summed E-state index contributed by atoms with van der Waals surface area (Å²) in [7, 11) is 1.88. The number of carbonyl (C=O) groups is 1. The van der Waals surface area contributed by atoms with Gasteiger partial charge in [0.25, 0.3) is 5.91 Å². The molecule has 1 unspecified atom stereocenters. The molecule has 3 rings (SSSR count). The third kappa shape index (κ3) is 2.65. The number of nitrogens with zero attached hydrogens (tertiary/aromatic N) is 3. The maximum atomic E-state index is 12.3. The first-order valence-corrected chi connectivity index (χ1v) is 7.43. The van der Waals surface area contributed by atoms with Gasteiger partial charge >= 0.3 is 0 Å². The Morgan fingerprint density at radius 1 is 1.43 bits per heavy atom. The fourth-order valence-electron chi connectivity index (χ4n) is 1.96. The Bertz CT molecular complexity index is 778. The lowest BCUT2D eigenvalue weighted by Crippen LogP contribution is -2.14. The molecule has 2 N–H and O–H groups in total. The molecule has 3 heterocycles. The fourth-order valence-corrected chi connectivity index (χ4v) is 2.76. The van der Waals surface area contributed by atoms with Crippen LogP contribution in [0.25, 0.3) is 5.52 Å². The summed E-state index contributed by atoms with van der Waals surface area (Å²) in [5, 5.41) is 12.6. The number of hydrogen-bond donors (Lipinski definition) is 2. The van der Waals surface area contributed by atoms with Gasteiger partial charge in [0.05, 0.1) is 23.0 Å². The van der Waals surface area contributed by atoms with E-state index in [4.69, 9.17) is 0 Å². The Morgan fingerprint density at radius 3 is 3.10 bits per heavy atom. The first kappa shape index (κ1) is 13.7. The highest BCUT2D eigenvalue weighted by Gasteiger charge is 2.15. The van der Waals surface area contributed by atoms with Gasteiger partial charge in [-0.25, -0.2) is 9.50 Å². The van der Waals surface area contributed by atoms with E-state index in [0.717, 1.165) is 11.2 Å². The molecular weight excluding hydrogens is 286 g/mol. The molecule has 6 nitrogen and oxygen atoms in total. The number of thiazole rings is 1. The second-order valence-corrected chi connectivity index (χ2v) is 5.49. The summed E-state index contributed by atoms with van der Waals surface area (Å²) in [5.74, 6) is -0.200. The Kier molecular flexibility index (Phi) is 3.68. The van der Waals surface area contributed by atoms with Crippen LogP contribution in [0.2, 0.25) is 0 Å². The maximum absolute atomic E-state index is 12.3. The van der Waals surface area contributed by atoms with E-state index >= 15 is 0 Å². The third-order valence-corrected chi connectivity index (χ3v) is 4.07. The van der Waals surface area contributed by atoms with Crippen molar-refractivity contribution in [2.24, 2.45) is 0 Å². The molecule has 1 atom stereocenters. The summed E-state index contributed by atoms with van der Waals surface area (Å²) >= 11 is 1.41. The molecule has 3 aromatic rings. The highest BCUT2D eigenvalue weighted by Crippen LogP contribution is 2.21. The molecule has 108 valence electrons. The van der Waals surface area contributed by atoms with E-state index in [-0.39, 0.29) is 11.9 Å². The Labute approximate surface area is 125 Å². The van der Waals surface area contributed by atoms with Crippen molar-refractivity contribution in [2.45, 2.75) is 13.0 Å². The van der Waals surface area contributed by atoms with Crippen LogP contribution in [0.5, 0.6) is 0 Å². The number of carbonyl (C=O) groups excluding carboxylic acids is 1. The first-order valence-electron chi connectivity index (χ1n) is 6.55. The molecule has 0 aromatic carbocycles. The van der Waals surface area contributed by atoms with Crippen LogP contribution in [0.3, 0.4) is 0 Å². The van der Waals surface area contributed by atoms with Gasteiger partial charge in [-0.2, -0.15) is 5.10 Å². The number of aromatic nitrogens is 3. The summed E-state index contributed by atoms with van der Waals surface area (Å²) in [6, 6.07) is 5.76. The van der Waals surface area contributed by atoms with E-state index in [1.54, 1.807) is 10.7 Å². The molecule has 7 heteroatoms. The quantitative estimate of drug-likeness (QED) is 0.776. The lowest BCUT2D eigenvalue weighted by atomic mass is 10.2. The first-order chi connectivity index (χ1) is 10.2. The van der Waals surface area contributed by atoms with Crippen LogP contribution in [-0.4, -0.2) is 27.6 Å². The third-order valence-electron chi connectivity index (χ3n) is 3.29. The van der Waals surface area contributed by atoms with Crippen molar-refractivity contribution < 1.29 is 4.79 Å². The van der Waals surface area contributed by atoms with E-state index in [1.807, 2.05) is 43.7 Å². The lowest BCUT2D eigenvalue weighted by Gasteiger charge is -2.05. The van der Waals surface area contributed by atoms with Crippen molar-refractivity contribution in [3.8, 4) is 0 Å². The minimum atomic E-state index is -0.200. The summed E-state index contributed by atoms with van der Waals surface area (Å²) in [6.45, 7) is 2.02. The van der Waals surface area contributed by atoms with Crippen LogP contribution in [0, 0.1) is 0 Å². The van der Waals surface area contributed by atoms with Gasteiger partial charge in [-0.3, -0.25) is 10.1 Å². The summed E-state index contributed by atoms with van der Waals surface area (Å²) < 4.78 is 1.67. The van der Waals surface area contributed by atoms with Gasteiger partial charge in [0.1, 0.15) is 0 Å². The minimum Gasteiger partial charge on any atom is -0.312 e. The Hall–Kier alpha value is -2.25. The van der Waals surface area contributed by atoms with Gasteiger partial charge in [0.15, 0.2) is 5.13 Å². The molecule has 0 saturated carbocycles. The molecule has 3 aromatic heterocycles. The smallest absolute Gasteiger partial charge is 0.261 e. The number of amides is 1. The standard InChI is InChI=1S/C14H15N5OS/c1-9(15-2)11-8-21-14(17-11)18-13(20)10-7-16-19-6-4-3-5-12(10)19/h3-9,15H,1-2H3,(H,17,18,20). The number of hydrogen-bond acceptors (Lipinski definition) is 5. The van der Waals surface area contributed by atoms with Crippen LogP contribution >= 0.6 is 11.3 Å². The van der Waals surface area contributed by atoms with E-state index in [0.29, 0.717) is 10.7 Å². The van der Waals surface area contributed by atoms with Crippen molar-refractivity contribution in [2.75, 3.05) is 12.4 Å². The normalized spacial score (nSPS) is 12.5. The van der Waals surface area contributed by atoms with E-state index in [1.165, 1.54) is 11.3 Å². The SMILES string of the molecule is CNC(C)c1csc(NC(=O)c2cnn3ccccc23)n1. The predicted octanol–water partition coefficient (Wildman–Crippen LogP) is 2.32. The average molecular weight is 301 g/mol. The molecule has 0 saturated heterocycles. The largest absolute Gasteiger partial charge is 0.312 e. The number of rotatable bonds is 4. The fraction of sp³-hybridized carbons (Fsp3) is 0.214. The van der Waals surface area contributed by atoms with Gasteiger partial charge in [-0.15, -0.1) is 11.3 Å². The van der Waals surface area contributed by atoms with Gasteiger partial charge in [0, 0.05) is 17.6 Å². The molecule has 0 fully saturated rings. The van der Waals surface area contributed by atoms with Crippen LogP contribution < -0.4 is 10.6 Å². The number of nitrogens with one attached hydrogen (secondary N) is 2. The highest BCUT2D eigenvalue weighted by molar-refractivity contribution is 7.14. The number of fused-ring (bicyclic) bond motifs is 1. The lowest BCUT2D eigenvalue weighted by molar-refractivity contribution is 0.102. The molecule has 1 amide bonds. The second kappa shape index (κ2) is 5.63. The van der Waals surface area contributed by atoms with E-state index < -0.39 is 0 Å². The molecule has 0 aliphatic heterocycles. The molecule has 21 heavy (non-hydrogen) atoms. The second-order valence-electron chi connectivity index (χ2n) is 4.63. The zero-order valence-electron chi connectivity index (χ0n) is 11.7. The minimum absolute atomic E-state index is 0.156. The van der Waals surface area contributed by atoms with Crippen LogP contribution in [-0.2, 0) is 0 Å². The van der Waals surface area contributed by atoms with Gasteiger partial charge < -0.3 is 5.32 Å². The van der Waals surface area contributed by atoms with E-state index in [9.17, 15) is 4.79 Å². The van der Waals surface area contributed by atoms with Crippen LogP contribution in [0.4, 0.5) is 5.13 Å². The van der Waals surface area contributed by atoms with Crippen molar-refractivity contribution in [1.82, 2.24) is 19.9 Å². The Balaban J connectivity index is 1.81. The summed E-state index contributed by atoms with van der Waals surface area (Å²) in [6.07, 6.45) is 3.37. The number of anilines is 1. The molecular formula is C14H15N5OS.